The average molecular weight is 261 g/mol. The predicted octanol–water partition coefficient (Wildman–Crippen LogP) is 1.75. The summed E-state index contributed by atoms with van der Waals surface area (Å²) in [6.45, 7) is 1.87. The molecular weight excluding hydrogens is 248 g/mol. The molecule has 4 nitrogen and oxygen atoms in total. The standard InChI is InChI=1S/C10H13ClN2O2S/c11-16(14,15)8-9-4-3-5-12-10(9)13-6-1-2-7-13/h3-5H,1-2,6-8H2. The van der Waals surface area contributed by atoms with E-state index < -0.39 is 9.05 Å². The van der Waals surface area contributed by atoms with Crippen molar-refractivity contribution in [3.8, 4) is 0 Å². The summed E-state index contributed by atoms with van der Waals surface area (Å²) in [4.78, 5) is 6.36. The molecule has 1 aliphatic heterocycles. The van der Waals surface area contributed by atoms with Crippen molar-refractivity contribution in [3.05, 3.63) is 23.9 Å². The van der Waals surface area contributed by atoms with Crippen LogP contribution in [-0.4, -0.2) is 26.5 Å². The van der Waals surface area contributed by atoms with Crippen LogP contribution >= 0.6 is 10.7 Å². The first-order valence-electron chi connectivity index (χ1n) is 5.17. The maximum absolute atomic E-state index is 11.1. The van der Waals surface area contributed by atoms with Crippen molar-refractivity contribution in [2.24, 2.45) is 0 Å². The van der Waals surface area contributed by atoms with Crippen molar-refractivity contribution < 1.29 is 8.42 Å². The summed E-state index contributed by atoms with van der Waals surface area (Å²) in [5, 5.41) is 0. The first kappa shape index (κ1) is 11.7. The Bertz CT molecular complexity index is 469. The maximum Gasteiger partial charge on any atom is 0.236 e. The molecule has 0 atom stereocenters. The predicted molar refractivity (Wildman–Crippen MR) is 64.2 cm³/mol. The lowest BCUT2D eigenvalue weighted by atomic mass is 10.3. The molecule has 1 aromatic rings. The third-order valence-corrected chi connectivity index (χ3v) is 3.58. The van der Waals surface area contributed by atoms with Gasteiger partial charge in [0.05, 0.1) is 5.75 Å². The van der Waals surface area contributed by atoms with Crippen LogP contribution in [0.1, 0.15) is 18.4 Å². The Kier molecular flexibility index (Phi) is 3.35. The number of pyridine rings is 1. The Morgan fingerprint density at radius 2 is 2.06 bits per heavy atom. The van der Waals surface area contributed by atoms with Crippen LogP contribution in [0, 0.1) is 0 Å². The van der Waals surface area contributed by atoms with E-state index >= 15 is 0 Å². The van der Waals surface area contributed by atoms with E-state index in [9.17, 15) is 8.42 Å². The highest BCUT2D eigenvalue weighted by Gasteiger charge is 2.19. The number of hydrogen-bond acceptors (Lipinski definition) is 4. The van der Waals surface area contributed by atoms with E-state index in [1.807, 2.05) is 0 Å². The van der Waals surface area contributed by atoms with Gasteiger partial charge in [-0.2, -0.15) is 0 Å². The molecule has 0 spiro atoms. The summed E-state index contributed by atoms with van der Waals surface area (Å²) in [6.07, 6.45) is 3.94. The lowest BCUT2D eigenvalue weighted by Gasteiger charge is -2.19. The van der Waals surface area contributed by atoms with Crippen LogP contribution in [0.15, 0.2) is 18.3 Å². The molecule has 6 heteroatoms. The Hall–Kier alpha value is -0.810. The van der Waals surface area contributed by atoms with Crippen molar-refractivity contribution in [2.45, 2.75) is 18.6 Å². The molecule has 0 saturated carbocycles. The van der Waals surface area contributed by atoms with Crippen molar-refractivity contribution in [3.63, 3.8) is 0 Å². The normalized spacial score (nSPS) is 16.7. The van der Waals surface area contributed by atoms with Crippen LogP contribution < -0.4 is 4.90 Å². The van der Waals surface area contributed by atoms with Gasteiger partial charge in [0.25, 0.3) is 0 Å². The molecule has 2 heterocycles. The van der Waals surface area contributed by atoms with Gasteiger partial charge in [-0.3, -0.25) is 0 Å². The summed E-state index contributed by atoms with van der Waals surface area (Å²) in [5.41, 5.74) is 0.680. The minimum atomic E-state index is -3.52. The number of hydrogen-bond donors (Lipinski definition) is 0. The SMILES string of the molecule is O=S(=O)(Cl)Cc1cccnc1N1CCCC1. The lowest BCUT2D eigenvalue weighted by Crippen LogP contribution is -2.21. The zero-order valence-corrected chi connectivity index (χ0v) is 10.3. The lowest BCUT2D eigenvalue weighted by molar-refractivity contribution is 0.608. The van der Waals surface area contributed by atoms with Gasteiger partial charge in [0.15, 0.2) is 0 Å². The van der Waals surface area contributed by atoms with Crippen molar-refractivity contribution >= 4 is 25.6 Å². The number of nitrogens with zero attached hydrogens (tertiary/aromatic N) is 2. The second-order valence-electron chi connectivity index (χ2n) is 3.86. The molecule has 0 aromatic carbocycles. The molecule has 1 aliphatic rings. The summed E-state index contributed by atoms with van der Waals surface area (Å²) in [7, 11) is 1.75. The van der Waals surface area contributed by atoms with E-state index in [-0.39, 0.29) is 5.75 Å². The van der Waals surface area contributed by atoms with Gasteiger partial charge in [-0.1, -0.05) is 6.07 Å². The van der Waals surface area contributed by atoms with Gasteiger partial charge >= 0.3 is 0 Å². The minimum Gasteiger partial charge on any atom is -0.356 e. The molecule has 1 saturated heterocycles. The summed E-state index contributed by atoms with van der Waals surface area (Å²) >= 11 is 0. The summed E-state index contributed by atoms with van der Waals surface area (Å²) < 4.78 is 22.2. The van der Waals surface area contributed by atoms with Crippen molar-refractivity contribution in [1.82, 2.24) is 4.98 Å². The van der Waals surface area contributed by atoms with Gasteiger partial charge in [0.2, 0.25) is 9.05 Å². The highest BCUT2D eigenvalue weighted by Crippen LogP contribution is 2.24. The fraction of sp³-hybridized carbons (Fsp3) is 0.500. The van der Waals surface area contributed by atoms with Crippen LogP contribution in [0.25, 0.3) is 0 Å². The average Bonchev–Trinajstić information content (AvgIpc) is 2.69. The zero-order valence-electron chi connectivity index (χ0n) is 8.76. The third kappa shape index (κ3) is 2.86. The fourth-order valence-electron chi connectivity index (χ4n) is 1.94. The summed E-state index contributed by atoms with van der Waals surface area (Å²) in [6, 6.07) is 3.50. The van der Waals surface area contributed by atoms with E-state index in [2.05, 4.69) is 9.88 Å². The van der Waals surface area contributed by atoms with E-state index in [1.165, 1.54) is 0 Å². The number of aromatic nitrogens is 1. The van der Waals surface area contributed by atoms with E-state index in [0.717, 1.165) is 31.7 Å². The van der Waals surface area contributed by atoms with Crippen LogP contribution in [0.4, 0.5) is 5.82 Å². The smallest absolute Gasteiger partial charge is 0.236 e. The number of halogens is 1. The van der Waals surface area contributed by atoms with Gasteiger partial charge in [-0.05, 0) is 18.9 Å². The molecule has 0 N–H and O–H groups in total. The molecule has 2 rings (SSSR count). The van der Waals surface area contributed by atoms with Crippen LogP contribution in [-0.2, 0) is 14.8 Å². The molecule has 1 fully saturated rings. The zero-order chi connectivity index (χ0) is 11.6. The van der Waals surface area contributed by atoms with Gasteiger partial charge in [-0.15, -0.1) is 0 Å². The van der Waals surface area contributed by atoms with Crippen LogP contribution in [0.5, 0.6) is 0 Å². The quantitative estimate of drug-likeness (QED) is 0.777. The fourth-order valence-corrected chi connectivity index (χ4v) is 2.89. The van der Waals surface area contributed by atoms with Crippen molar-refractivity contribution in [2.75, 3.05) is 18.0 Å². The Morgan fingerprint density at radius 3 is 2.69 bits per heavy atom. The first-order chi connectivity index (χ1) is 7.56. The first-order valence-corrected chi connectivity index (χ1v) is 7.65. The van der Waals surface area contributed by atoms with Crippen LogP contribution in [0.2, 0.25) is 0 Å². The van der Waals surface area contributed by atoms with E-state index in [4.69, 9.17) is 10.7 Å². The molecule has 16 heavy (non-hydrogen) atoms. The Labute approximate surface area is 99.7 Å². The highest BCUT2D eigenvalue weighted by atomic mass is 35.7. The second-order valence-corrected chi connectivity index (χ2v) is 6.64. The number of rotatable bonds is 3. The van der Waals surface area contributed by atoms with Crippen molar-refractivity contribution in [1.29, 1.82) is 0 Å². The second kappa shape index (κ2) is 4.59. The highest BCUT2D eigenvalue weighted by molar-refractivity contribution is 8.13. The molecule has 1 aromatic heterocycles. The summed E-state index contributed by atoms with van der Waals surface area (Å²) in [5.74, 6) is 0.595. The van der Waals surface area contributed by atoms with Gasteiger partial charge in [0, 0.05) is 35.5 Å². The Balaban J connectivity index is 2.30. The minimum absolute atomic E-state index is 0.159. The molecule has 0 unspecified atom stereocenters. The molecular formula is C10H13ClN2O2S. The molecule has 0 amide bonds. The van der Waals surface area contributed by atoms with Gasteiger partial charge in [-0.25, -0.2) is 13.4 Å². The third-order valence-electron chi connectivity index (χ3n) is 2.60. The monoisotopic (exact) mass is 260 g/mol. The van der Waals surface area contributed by atoms with E-state index in [1.54, 1.807) is 18.3 Å². The molecule has 0 radical (unpaired) electrons. The Morgan fingerprint density at radius 1 is 1.38 bits per heavy atom. The van der Waals surface area contributed by atoms with Gasteiger partial charge < -0.3 is 4.90 Å². The van der Waals surface area contributed by atoms with E-state index in [0.29, 0.717) is 5.56 Å². The maximum atomic E-state index is 11.1. The topological polar surface area (TPSA) is 50.3 Å². The van der Waals surface area contributed by atoms with Crippen LogP contribution in [0.3, 0.4) is 0 Å². The molecule has 0 aliphatic carbocycles. The molecule has 0 bridgehead atoms. The largest absolute Gasteiger partial charge is 0.356 e. The van der Waals surface area contributed by atoms with Gasteiger partial charge in [0.1, 0.15) is 5.82 Å². The molecule has 88 valence electrons. The number of anilines is 1.